The molecule has 3 saturated heterocycles. The zero-order valence-corrected chi connectivity index (χ0v) is 15.2. The lowest BCUT2D eigenvalue weighted by molar-refractivity contribution is 0.0101. The van der Waals surface area contributed by atoms with Crippen LogP contribution >= 0.6 is 11.3 Å². The second-order valence-electron chi connectivity index (χ2n) is 6.75. The van der Waals surface area contributed by atoms with Gasteiger partial charge in [0.05, 0.1) is 23.2 Å². The third-order valence-corrected chi connectivity index (χ3v) is 6.03. The maximum absolute atomic E-state index is 12.0. The Balaban J connectivity index is 1.57. The van der Waals surface area contributed by atoms with E-state index in [1.165, 1.54) is 16.2 Å². The highest BCUT2D eigenvalue weighted by Gasteiger charge is 2.48. The predicted octanol–water partition coefficient (Wildman–Crippen LogP) is 2.01. The van der Waals surface area contributed by atoms with Crippen molar-refractivity contribution in [1.82, 2.24) is 20.3 Å². The zero-order valence-electron chi connectivity index (χ0n) is 14.4. The van der Waals surface area contributed by atoms with Crippen LogP contribution in [0.3, 0.4) is 0 Å². The second kappa shape index (κ2) is 6.17. The summed E-state index contributed by atoms with van der Waals surface area (Å²) in [4.78, 5) is 35.5. The molecule has 0 spiro atoms. The van der Waals surface area contributed by atoms with Crippen molar-refractivity contribution < 1.29 is 24.3 Å². The molecule has 2 amide bonds. The Morgan fingerprint density at radius 2 is 2.07 bits per heavy atom. The van der Waals surface area contributed by atoms with Gasteiger partial charge in [-0.3, -0.25) is 14.9 Å². The van der Waals surface area contributed by atoms with Crippen LogP contribution in [0, 0.1) is 0 Å². The SMILES string of the molecule is O=C(NO)c1ccc(-c2nccs2)c2oc(N3CC4CC(C3)N4C(=O)O)nc12. The van der Waals surface area contributed by atoms with E-state index >= 15 is 0 Å². The molecule has 3 fully saturated rings. The zero-order chi connectivity index (χ0) is 19.4. The predicted molar refractivity (Wildman–Crippen MR) is 98.6 cm³/mol. The molecule has 2 bridgehead atoms. The van der Waals surface area contributed by atoms with Gasteiger partial charge in [-0.25, -0.2) is 15.3 Å². The molecule has 3 aliphatic heterocycles. The normalized spacial score (nSPS) is 20.9. The first-order chi connectivity index (χ1) is 13.6. The van der Waals surface area contributed by atoms with Gasteiger partial charge in [-0.15, -0.1) is 11.3 Å². The van der Waals surface area contributed by atoms with Gasteiger partial charge < -0.3 is 14.4 Å². The van der Waals surface area contributed by atoms with Crippen molar-refractivity contribution >= 4 is 40.5 Å². The number of amides is 2. The average molecular weight is 401 g/mol. The molecule has 3 N–H and O–H groups in total. The van der Waals surface area contributed by atoms with Crippen molar-refractivity contribution in [3.05, 3.63) is 29.3 Å². The Morgan fingerprint density at radius 3 is 2.71 bits per heavy atom. The first-order valence-electron chi connectivity index (χ1n) is 8.61. The molecule has 11 heteroatoms. The number of rotatable bonds is 3. The number of nitrogens with zero attached hydrogens (tertiary/aromatic N) is 4. The van der Waals surface area contributed by atoms with E-state index in [1.807, 2.05) is 10.3 Å². The van der Waals surface area contributed by atoms with E-state index in [-0.39, 0.29) is 17.6 Å². The lowest BCUT2D eigenvalue weighted by atomic mass is 9.88. The summed E-state index contributed by atoms with van der Waals surface area (Å²) in [6, 6.07) is 3.41. The first kappa shape index (κ1) is 17.0. The summed E-state index contributed by atoms with van der Waals surface area (Å²) in [6.45, 7) is 0.952. The van der Waals surface area contributed by atoms with Gasteiger partial charge >= 0.3 is 6.09 Å². The van der Waals surface area contributed by atoms with Gasteiger partial charge in [-0.2, -0.15) is 4.98 Å². The van der Waals surface area contributed by atoms with E-state index < -0.39 is 12.0 Å². The minimum atomic E-state index is -0.911. The number of fused-ring (bicyclic) bond motifs is 3. The van der Waals surface area contributed by atoms with Crippen LogP contribution in [0.4, 0.5) is 10.8 Å². The molecule has 0 aliphatic carbocycles. The Bertz CT molecular complexity index is 1070. The molecule has 2 unspecified atom stereocenters. The summed E-state index contributed by atoms with van der Waals surface area (Å²) < 4.78 is 6.02. The van der Waals surface area contributed by atoms with Gasteiger partial charge in [0.15, 0.2) is 5.58 Å². The first-order valence-corrected chi connectivity index (χ1v) is 9.49. The number of aromatic nitrogens is 2. The molecule has 5 heterocycles. The molecule has 0 saturated carbocycles. The third kappa shape index (κ3) is 2.43. The average Bonchev–Trinajstić information content (AvgIpc) is 3.36. The molecule has 2 aromatic heterocycles. The molecular formula is C17H15N5O5S. The highest BCUT2D eigenvalue weighted by molar-refractivity contribution is 7.13. The summed E-state index contributed by atoms with van der Waals surface area (Å²) in [7, 11) is 0. The quantitative estimate of drug-likeness (QED) is 0.449. The van der Waals surface area contributed by atoms with Crippen LogP contribution in [0.25, 0.3) is 21.7 Å². The van der Waals surface area contributed by atoms with E-state index in [0.29, 0.717) is 35.8 Å². The number of nitrogens with one attached hydrogen (secondary N) is 1. The van der Waals surface area contributed by atoms with Crippen LogP contribution < -0.4 is 10.4 Å². The number of hydrogen-bond acceptors (Lipinski definition) is 8. The highest BCUT2D eigenvalue weighted by Crippen LogP contribution is 2.38. The summed E-state index contributed by atoms with van der Waals surface area (Å²) in [6.07, 6.45) is 1.59. The van der Waals surface area contributed by atoms with E-state index in [9.17, 15) is 14.7 Å². The smallest absolute Gasteiger partial charge is 0.407 e. The van der Waals surface area contributed by atoms with E-state index in [2.05, 4.69) is 9.97 Å². The maximum Gasteiger partial charge on any atom is 0.407 e. The Labute approximate surface area is 162 Å². The number of benzene rings is 1. The van der Waals surface area contributed by atoms with Gasteiger partial charge in [0.1, 0.15) is 10.5 Å². The molecule has 3 aromatic rings. The van der Waals surface area contributed by atoms with Crippen LogP contribution in [0.5, 0.6) is 0 Å². The van der Waals surface area contributed by atoms with Gasteiger partial charge in [-0.05, 0) is 18.6 Å². The van der Waals surface area contributed by atoms with Crippen molar-refractivity contribution in [3.8, 4) is 10.6 Å². The van der Waals surface area contributed by atoms with Crippen molar-refractivity contribution in [2.24, 2.45) is 0 Å². The van der Waals surface area contributed by atoms with Crippen molar-refractivity contribution in [3.63, 3.8) is 0 Å². The van der Waals surface area contributed by atoms with Crippen molar-refractivity contribution in [2.75, 3.05) is 18.0 Å². The lowest BCUT2D eigenvalue weighted by Crippen LogP contribution is -2.70. The van der Waals surface area contributed by atoms with Gasteiger partial charge in [0, 0.05) is 24.7 Å². The molecule has 3 aliphatic rings. The van der Waals surface area contributed by atoms with Crippen molar-refractivity contribution in [1.29, 1.82) is 0 Å². The number of thiazole rings is 1. The number of carbonyl (C=O) groups is 2. The minimum Gasteiger partial charge on any atom is -0.465 e. The largest absolute Gasteiger partial charge is 0.465 e. The number of carboxylic acid groups (broad SMARTS) is 1. The highest BCUT2D eigenvalue weighted by atomic mass is 32.1. The summed E-state index contributed by atoms with van der Waals surface area (Å²) in [5.41, 5.74) is 3.24. The lowest BCUT2D eigenvalue weighted by Gasteiger charge is -2.54. The van der Waals surface area contributed by atoms with E-state index in [0.717, 1.165) is 11.4 Å². The van der Waals surface area contributed by atoms with Crippen LogP contribution in [0.2, 0.25) is 0 Å². The van der Waals surface area contributed by atoms with Crippen LogP contribution in [0.1, 0.15) is 16.8 Å². The molecule has 0 radical (unpaired) electrons. The Hall–Kier alpha value is -3.18. The third-order valence-electron chi connectivity index (χ3n) is 5.23. The summed E-state index contributed by atoms with van der Waals surface area (Å²) in [5.74, 6) is -0.686. The van der Waals surface area contributed by atoms with Crippen molar-refractivity contribution in [2.45, 2.75) is 18.5 Å². The fourth-order valence-corrected chi connectivity index (χ4v) is 4.64. The molecular weight excluding hydrogens is 386 g/mol. The standard InChI is InChI=1S/C17H15N5O5S/c23-14(20-26)10-1-2-11(15-18-3-4-28-15)13-12(10)19-16(27-13)21-6-8-5-9(7-21)22(8)17(24)25/h1-4,8-9,26H,5-7H2,(H,20,23)(H,24,25). The number of hydroxylamine groups is 1. The molecule has 6 rings (SSSR count). The number of anilines is 1. The monoisotopic (exact) mass is 401 g/mol. The summed E-state index contributed by atoms with van der Waals surface area (Å²) in [5, 5.41) is 20.9. The fourth-order valence-electron chi connectivity index (χ4n) is 3.98. The van der Waals surface area contributed by atoms with Crippen LogP contribution in [-0.2, 0) is 0 Å². The maximum atomic E-state index is 12.0. The number of piperazine rings is 1. The summed E-state index contributed by atoms with van der Waals surface area (Å²) >= 11 is 1.43. The van der Waals surface area contributed by atoms with Crippen LogP contribution in [-0.4, -0.2) is 62.4 Å². The van der Waals surface area contributed by atoms with E-state index in [1.54, 1.807) is 23.8 Å². The molecule has 1 aromatic carbocycles. The number of piperidine rings is 1. The van der Waals surface area contributed by atoms with Gasteiger partial charge in [0.2, 0.25) is 0 Å². The topological polar surface area (TPSA) is 132 Å². The molecule has 144 valence electrons. The van der Waals surface area contributed by atoms with E-state index in [4.69, 9.17) is 9.62 Å². The van der Waals surface area contributed by atoms with Gasteiger partial charge in [-0.1, -0.05) is 0 Å². The van der Waals surface area contributed by atoms with Crippen LogP contribution in [0.15, 0.2) is 28.1 Å². The fraction of sp³-hybridized carbons (Fsp3) is 0.294. The second-order valence-corrected chi connectivity index (χ2v) is 7.65. The number of oxazole rings is 1. The van der Waals surface area contributed by atoms with Gasteiger partial charge in [0.25, 0.3) is 11.9 Å². The Kier molecular flexibility index (Phi) is 3.74. The molecule has 10 nitrogen and oxygen atoms in total. The number of hydrogen-bond donors (Lipinski definition) is 3. The minimum absolute atomic E-state index is 0.0927. The molecule has 28 heavy (non-hydrogen) atoms. The Morgan fingerprint density at radius 1 is 1.29 bits per heavy atom. The number of carbonyl (C=O) groups excluding carboxylic acids is 1. The molecule has 2 atom stereocenters.